The van der Waals surface area contributed by atoms with E-state index in [0.29, 0.717) is 32.8 Å². The van der Waals surface area contributed by atoms with Crippen molar-refractivity contribution in [2.75, 3.05) is 12.4 Å². The van der Waals surface area contributed by atoms with Crippen LogP contribution in [0.5, 0.6) is 0 Å². The van der Waals surface area contributed by atoms with Crippen molar-refractivity contribution >= 4 is 47.0 Å². The number of aryl methyl sites for hydroxylation is 1. The Morgan fingerprint density at radius 2 is 1.97 bits per heavy atom. The largest absolute Gasteiger partial charge is 0.364 e. The van der Waals surface area contributed by atoms with Gasteiger partial charge in [-0.1, -0.05) is 35.3 Å². The molecule has 0 spiro atoms. The minimum Gasteiger partial charge on any atom is -0.364 e. The van der Waals surface area contributed by atoms with Gasteiger partial charge in [0.1, 0.15) is 11.7 Å². The number of likely N-dealkylation sites (N-methyl/N-ethyl adjacent to an activating group) is 1. The highest BCUT2D eigenvalue weighted by molar-refractivity contribution is 6.42. The quantitative estimate of drug-likeness (QED) is 0.164. The molecule has 3 rings (SSSR count). The molecule has 0 saturated carbocycles. The number of halogens is 2. The molecule has 0 aliphatic carbocycles. The Balaban J connectivity index is 1.97. The number of rotatable bonds is 8. The van der Waals surface area contributed by atoms with Gasteiger partial charge in [0.05, 0.1) is 27.0 Å². The molecule has 0 saturated heterocycles. The summed E-state index contributed by atoms with van der Waals surface area (Å²) in [7, 11) is 1.51. The number of allylic oxidation sites excluding steroid dienone is 2. The number of nitrogens with one attached hydrogen (secondary N) is 6. The van der Waals surface area contributed by atoms with Gasteiger partial charge in [0.2, 0.25) is 0 Å². The summed E-state index contributed by atoms with van der Waals surface area (Å²) in [6.07, 6.45) is 7.85. The molecule has 36 heavy (non-hydrogen) atoms. The molecule has 2 heterocycles. The minimum absolute atomic E-state index is 0.140. The lowest BCUT2D eigenvalue weighted by Gasteiger charge is -2.19. The van der Waals surface area contributed by atoms with Crippen LogP contribution in [0.25, 0.3) is 0 Å². The van der Waals surface area contributed by atoms with Gasteiger partial charge in [-0.2, -0.15) is 0 Å². The Morgan fingerprint density at radius 1 is 1.19 bits per heavy atom. The van der Waals surface area contributed by atoms with Crippen molar-refractivity contribution in [2.24, 2.45) is 0 Å². The maximum Gasteiger partial charge on any atom is 0.254 e. The van der Waals surface area contributed by atoms with E-state index < -0.39 is 0 Å². The number of pyridine rings is 1. The first-order chi connectivity index (χ1) is 17.2. The van der Waals surface area contributed by atoms with Gasteiger partial charge < -0.3 is 26.7 Å². The third-order valence-electron chi connectivity index (χ3n) is 5.27. The number of benzene rings is 1. The van der Waals surface area contributed by atoms with Crippen LogP contribution in [0.3, 0.4) is 0 Å². The standard InChI is InChI=1S/C26H27Cl2N7O/c1-15-5-4-6-25(33-15)35-22(18-9-10-32-23(12-18)19(14-29)26(36)31-3)13-24(30)34-16(2)17-7-8-20(27)21(28)11-17/h4-14,16,29,32H,1-3H3,(H2,30,34)(H,31,36)(H,33,35)/b22-13-,23-19+,29-14?. The second-order valence-corrected chi connectivity index (χ2v) is 8.74. The zero-order chi connectivity index (χ0) is 26.2. The van der Waals surface area contributed by atoms with Crippen LogP contribution >= 0.6 is 23.2 Å². The summed E-state index contributed by atoms with van der Waals surface area (Å²) in [4.78, 5) is 16.7. The van der Waals surface area contributed by atoms with Gasteiger partial charge in [-0.25, -0.2) is 4.98 Å². The summed E-state index contributed by atoms with van der Waals surface area (Å²) in [5, 5.41) is 29.1. The number of amides is 1. The van der Waals surface area contributed by atoms with E-state index in [-0.39, 0.29) is 23.4 Å². The molecule has 1 unspecified atom stereocenters. The van der Waals surface area contributed by atoms with Crippen LogP contribution in [-0.2, 0) is 4.79 Å². The molecule has 1 aliphatic rings. The number of nitrogens with zero attached hydrogens (tertiary/aromatic N) is 1. The van der Waals surface area contributed by atoms with Gasteiger partial charge >= 0.3 is 0 Å². The van der Waals surface area contributed by atoms with Crippen molar-refractivity contribution in [1.82, 2.24) is 20.9 Å². The second kappa shape index (κ2) is 12.2. The van der Waals surface area contributed by atoms with Crippen molar-refractivity contribution in [3.63, 3.8) is 0 Å². The van der Waals surface area contributed by atoms with Crippen LogP contribution in [-0.4, -0.2) is 30.0 Å². The molecule has 186 valence electrons. The summed E-state index contributed by atoms with van der Waals surface area (Å²) >= 11 is 12.2. The monoisotopic (exact) mass is 523 g/mol. The Hall–Kier alpha value is -3.88. The molecule has 0 bridgehead atoms. The molecule has 6 N–H and O–H groups in total. The third-order valence-corrected chi connectivity index (χ3v) is 6.01. The number of hydrogen-bond donors (Lipinski definition) is 6. The first kappa shape index (κ1) is 26.7. The average Bonchev–Trinajstić information content (AvgIpc) is 2.85. The lowest BCUT2D eigenvalue weighted by molar-refractivity contribution is -0.116. The molecule has 0 fully saturated rings. The molecule has 1 aliphatic heterocycles. The predicted octanol–water partition coefficient (Wildman–Crippen LogP) is 5.01. The van der Waals surface area contributed by atoms with Crippen molar-refractivity contribution in [1.29, 1.82) is 10.8 Å². The van der Waals surface area contributed by atoms with E-state index in [2.05, 4.69) is 26.3 Å². The van der Waals surface area contributed by atoms with Crippen LogP contribution in [0.4, 0.5) is 5.82 Å². The summed E-state index contributed by atoms with van der Waals surface area (Å²) in [6, 6.07) is 10.7. The Kier molecular flexibility index (Phi) is 9.05. The first-order valence-corrected chi connectivity index (χ1v) is 11.8. The number of amidine groups is 1. The summed E-state index contributed by atoms with van der Waals surface area (Å²) < 4.78 is 0. The Morgan fingerprint density at radius 3 is 2.64 bits per heavy atom. The SMILES string of the molecule is CNC(=O)/C(C=N)=C1C=C(/C(=C/C(=N)NC(C)c2ccc(Cl)c(Cl)c2)Nc2cccc(C)n2)C=CN\1. The summed E-state index contributed by atoms with van der Waals surface area (Å²) in [5.41, 5.74) is 3.60. The molecule has 1 aromatic carbocycles. The van der Waals surface area contributed by atoms with Crippen molar-refractivity contribution in [3.8, 4) is 0 Å². The van der Waals surface area contributed by atoms with Gasteiger partial charge in [-0.05, 0) is 55.8 Å². The van der Waals surface area contributed by atoms with Gasteiger partial charge in [0.25, 0.3) is 5.91 Å². The average molecular weight is 524 g/mol. The van der Waals surface area contributed by atoms with Crippen molar-refractivity contribution < 1.29 is 4.79 Å². The normalized spacial score (nSPS) is 15.2. The zero-order valence-corrected chi connectivity index (χ0v) is 21.6. The second-order valence-electron chi connectivity index (χ2n) is 7.93. The van der Waals surface area contributed by atoms with E-state index in [9.17, 15) is 4.79 Å². The van der Waals surface area contributed by atoms with Gasteiger partial charge in [-0.15, -0.1) is 0 Å². The van der Waals surface area contributed by atoms with Crippen molar-refractivity contribution in [3.05, 3.63) is 105 Å². The fourth-order valence-corrected chi connectivity index (χ4v) is 3.72. The number of dihydropyridines is 1. The number of carbonyl (C=O) groups excluding carboxylic acids is 1. The fourth-order valence-electron chi connectivity index (χ4n) is 3.42. The topological polar surface area (TPSA) is 126 Å². The lowest BCUT2D eigenvalue weighted by atomic mass is 10.0. The Labute approximate surface area is 220 Å². The highest BCUT2D eigenvalue weighted by Gasteiger charge is 2.16. The molecule has 1 atom stereocenters. The maximum absolute atomic E-state index is 12.2. The molecule has 1 amide bonds. The van der Waals surface area contributed by atoms with E-state index in [1.54, 1.807) is 36.6 Å². The maximum atomic E-state index is 12.2. The van der Waals surface area contributed by atoms with Crippen LogP contribution in [0.2, 0.25) is 10.0 Å². The van der Waals surface area contributed by atoms with E-state index in [4.69, 9.17) is 34.0 Å². The van der Waals surface area contributed by atoms with Crippen LogP contribution in [0.1, 0.15) is 24.2 Å². The Bertz CT molecular complexity index is 1310. The molecule has 8 nitrogen and oxygen atoms in total. The number of anilines is 1. The highest BCUT2D eigenvalue weighted by atomic mass is 35.5. The van der Waals surface area contributed by atoms with E-state index in [1.165, 1.54) is 7.05 Å². The minimum atomic E-state index is -0.387. The number of carbonyl (C=O) groups is 1. The van der Waals surface area contributed by atoms with Gasteiger partial charge in [-0.3, -0.25) is 10.2 Å². The molecular formula is C26H27Cl2N7O. The van der Waals surface area contributed by atoms with Crippen LogP contribution < -0.4 is 21.3 Å². The third kappa shape index (κ3) is 6.84. The molecule has 1 aromatic heterocycles. The van der Waals surface area contributed by atoms with E-state index in [1.807, 2.05) is 38.1 Å². The van der Waals surface area contributed by atoms with Crippen molar-refractivity contribution in [2.45, 2.75) is 19.9 Å². The van der Waals surface area contributed by atoms with Crippen LogP contribution in [0.15, 0.2) is 83.4 Å². The molecular weight excluding hydrogens is 497 g/mol. The van der Waals surface area contributed by atoms with E-state index >= 15 is 0 Å². The molecule has 0 radical (unpaired) electrons. The molecule has 2 aromatic rings. The zero-order valence-electron chi connectivity index (χ0n) is 20.0. The molecule has 10 heteroatoms. The lowest BCUT2D eigenvalue weighted by Crippen LogP contribution is -2.26. The van der Waals surface area contributed by atoms with Gasteiger partial charge in [0, 0.05) is 42.8 Å². The fraction of sp³-hybridized carbons (Fsp3) is 0.154. The number of hydrogen-bond acceptors (Lipinski definition) is 6. The smallest absolute Gasteiger partial charge is 0.254 e. The summed E-state index contributed by atoms with van der Waals surface area (Å²) in [5.74, 6) is 0.353. The van der Waals surface area contributed by atoms with Gasteiger partial charge in [0.15, 0.2) is 0 Å². The highest BCUT2D eigenvalue weighted by Crippen LogP contribution is 2.26. The van der Waals surface area contributed by atoms with E-state index in [0.717, 1.165) is 17.5 Å². The predicted molar refractivity (Wildman–Crippen MR) is 147 cm³/mol. The van der Waals surface area contributed by atoms with Crippen LogP contribution in [0, 0.1) is 17.7 Å². The summed E-state index contributed by atoms with van der Waals surface area (Å²) in [6.45, 7) is 3.81. The number of aromatic nitrogens is 1. The first-order valence-electron chi connectivity index (χ1n) is 11.1.